The summed E-state index contributed by atoms with van der Waals surface area (Å²) in [5.41, 5.74) is 3.72. The molecular weight excluding hydrogens is 340 g/mol. The Morgan fingerprint density at radius 2 is 2.04 bits per heavy atom. The molecular formula is C21H26N4O2. The molecule has 0 radical (unpaired) electrons. The van der Waals surface area contributed by atoms with Crippen LogP contribution in [-0.2, 0) is 29.1 Å². The zero-order valence-corrected chi connectivity index (χ0v) is 15.9. The minimum absolute atomic E-state index is 0.129. The smallest absolute Gasteiger partial charge is 0.247 e. The van der Waals surface area contributed by atoms with Gasteiger partial charge in [0.25, 0.3) is 0 Å². The topological polar surface area (TPSA) is 67.2 Å². The quantitative estimate of drug-likeness (QED) is 0.730. The van der Waals surface area contributed by atoms with Gasteiger partial charge in [-0.2, -0.15) is 5.10 Å². The molecule has 1 aliphatic carbocycles. The normalized spacial score (nSPS) is 13.3. The van der Waals surface area contributed by atoms with Crippen molar-refractivity contribution in [2.45, 2.75) is 52.2 Å². The van der Waals surface area contributed by atoms with Gasteiger partial charge in [-0.05, 0) is 50.5 Å². The molecule has 1 aromatic heterocycles. The van der Waals surface area contributed by atoms with Crippen LogP contribution in [-0.4, -0.2) is 32.5 Å². The molecule has 6 heteroatoms. The molecule has 2 amide bonds. The van der Waals surface area contributed by atoms with Crippen LogP contribution in [0, 0.1) is 6.92 Å². The lowest BCUT2D eigenvalue weighted by Gasteiger charge is -2.22. The number of carbonyl (C=O) groups excluding carboxylic acids is 2. The van der Waals surface area contributed by atoms with Crippen molar-refractivity contribution in [3.63, 3.8) is 0 Å². The predicted octanol–water partition coefficient (Wildman–Crippen LogP) is 3.07. The average Bonchev–Trinajstić information content (AvgIpc) is 3.44. The Morgan fingerprint density at radius 1 is 1.33 bits per heavy atom. The van der Waals surface area contributed by atoms with Crippen molar-refractivity contribution in [1.82, 2.24) is 14.7 Å². The molecule has 0 spiro atoms. The molecule has 0 unspecified atom stereocenters. The van der Waals surface area contributed by atoms with E-state index in [2.05, 4.69) is 23.9 Å². The van der Waals surface area contributed by atoms with Gasteiger partial charge in [0.2, 0.25) is 11.8 Å². The number of carbonyl (C=O) groups is 2. The summed E-state index contributed by atoms with van der Waals surface area (Å²) in [4.78, 5) is 26.2. The third kappa shape index (κ3) is 4.84. The van der Waals surface area contributed by atoms with Crippen molar-refractivity contribution in [3.05, 3.63) is 59.9 Å². The highest BCUT2D eigenvalue weighted by Gasteiger charge is 2.33. The molecule has 3 rings (SSSR count). The number of nitrogens with zero attached hydrogens (tertiary/aromatic N) is 3. The Hall–Kier alpha value is -2.89. The van der Waals surface area contributed by atoms with E-state index >= 15 is 0 Å². The van der Waals surface area contributed by atoms with Crippen LogP contribution < -0.4 is 5.32 Å². The van der Waals surface area contributed by atoms with Crippen LogP contribution in [0.2, 0.25) is 0 Å². The summed E-state index contributed by atoms with van der Waals surface area (Å²) in [5.74, 6) is -0.120. The molecule has 2 aromatic rings. The van der Waals surface area contributed by atoms with Gasteiger partial charge in [0.1, 0.15) is 0 Å². The number of anilines is 1. The first-order chi connectivity index (χ1) is 13.0. The predicted molar refractivity (Wildman–Crippen MR) is 105 cm³/mol. The van der Waals surface area contributed by atoms with Crippen LogP contribution in [0.3, 0.4) is 0 Å². The second-order valence-electron chi connectivity index (χ2n) is 6.92. The largest absolute Gasteiger partial charge is 0.335 e. The van der Waals surface area contributed by atoms with Crippen molar-refractivity contribution < 1.29 is 9.59 Å². The monoisotopic (exact) mass is 366 g/mol. The standard InChI is InChI=1S/C21H26N4O2/c1-4-20(26)22-18-8-6-16(7-9-18)12-21(27)25(19-10-11-19)14-17-13-24(5-2)23-15(17)3/h4,6-9,13,19H,1,5,10-12,14H2,2-3H3,(H,22,26). The molecule has 1 aliphatic rings. The van der Waals surface area contributed by atoms with E-state index in [9.17, 15) is 9.59 Å². The van der Waals surface area contributed by atoms with E-state index in [0.29, 0.717) is 24.7 Å². The van der Waals surface area contributed by atoms with E-state index in [4.69, 9.17) is 0 Å². The van der Waals surface area contributed by atoms with Gasteiger partial charge in [0.15, 0.2) is 0 Å². The Morgan fingerprint density at radius 3 is 2.59 bits per heavy atom. The Labute approximate surface area is 159 Å². The number of nitrogens with one attached hydrogen (secondary N) is 1. The van der Waals surface area contributed by atoms with Crippen molar-refractivity contribution in [3.8, 4) is 0 Å². The zero-order chi connectivity index (χ0) is 19.4. The number of rotatable bonds is 8. The number of benzene rings is 1. The van der Waals surface area contributed by atoms with Crippen molar-refractivity contribution in [2.75, 3.05) is 5.32 Å². The average molecular weight is 366 g/mol. The third-order valence-electron chi connectivity index (χ3n) is 4.78. The second kappa shape index (κ2) is 8.20. The number of amides is 2. The lowest BCUT2D eigenvalue weighted by atomic mass is 10.1. The van der Waals surface area contributed by atoms with Crippen LogP contribution in [0.4, 0.5) is 5.69 Å². The first kappa shape index (κ1) is 18.9. The summed E-state index contributed by atoms with van der Waals surface area (Å²) in [5, 5.41) is 7.19. The van der Waals surface area contributed by atoms with Crippen LogP contribution in [0.15, 0.2) is 43.1 Å². The Kier molecular flexibility index (Phi) is 5.74. The highest BCUT2D eigenvalue weighted by Crippen LogP contribution is 2.29. The van der Waals surface area contributed by atoms with E-state index in [1.165, 1.54) is 6.08 Å². The zero-order valence-electron chi connectivity index (χ0n) is 15.9. The SMILES string of the molecule is C=CC(=O)Nc1ccc(CC(=O)N(Cc2cn(CC)nc2C)C2CC2)cc1. The number of hydrogen-bond donors (Lipinski definition) is 1. The maximum Gasteiger partial charge on any atom is 0.247 e. The maximum absolute atomic E-state index is 12.9. The van der Waals surface area contributed by atoms with Gasteiger partial charge >= 0.3 is 0 Å². The van der Waals surface area contributed by atoms with E-state index in [1.807, 2.05) is 34.8 Å². The molecule has 1 saturated carbocycles. The molecule has 142 valence electrons. The molecule has 1 fully saturated rings. The number of hydrogen-bond acceptors (Lipinski definition) is 3. The summed E-state index contributed by atoms with van der Waals surface area (Å²) >= 11 is 0. The van der Waals surface area contributed by atoms with Gasteiger partial charge in [-0.3, -0.25) is 14.3 Å². The molecule has 0 aliphatic heterocycles. The van der Waals surface area contributed by atoms with Crippen LogP contribution >= 0.6 is 0 Å². The second-order valence-corrected chi connectivity index (χ2v) is 6.92. The summed E-state index contributed by atoms with van der Waals surface area (Å²) in [6, 6.07) is 7.71. The van der Waals surface area contributed by atoms with E-state index in [0.717, 1.165) is 36.2 Å². The lowest BCUT2D eigenvalue weighted by molar-refractivity contribution is -0.131. The fourth-order valence-electron chi connectivity index (χ4n) is 3.04. The molecule has 0 saturated heterocycles. The fraction of sp³-hybridized carbons (Fsp3) is 0.381. The van der Waals surface area contributed by atoms with Gasteiger partial charge in [0.05, 0.1) is 12.1 Å². The van der Waals surface area contributed by atoms with Gasteiger partial charge in [-0.1, -0.05) is 18.7 Å². The highest BCUT2D eigenvalue weighted by molar-refractivity contribution is 5.98. The summed E-state index contributed by atoms with van der Waals surface area (Å²) in [7, 11) is 0. The van der Waals surface area contributed by atoms with E-state index in [1.54, 1.807) is 12.1 Å². The fourth-order valence-corrected chi connectivity index (χ4v) is 3.04. The minimum atomic E-state index is -0.248. The molecule has 0 bridgehead atoms. The van der Waals surface area contributed by atoms with Crippen molar-refractivity contribution in [2.24, 2.45) is 0 Å². The Bertz CT molecular complexity index is 834. The maximum atomic E-state index is 12.9. The Balaban J connectivity index is 1.66. The van der Waals surface area contributed by atoms with Gasteiger partial charge in [-0.15, -0.1) is 0 Å². The molecule has 6 nitrogen and oxygen atoms in total. The molecule has 1 N–H and O–H groups in total. The third-order valence-corrected chi connectivity index (χ3v) is 4.78. The van der Waals surface area contributed by atoms with Gasteiger partial charge in [0, 0.05) is 36.6 Å². The van der Waals surface area contributed by atoms with E-state index in [-0.39, 0.29) is 11.8 Å². The summed E-state index contributed by atoms with van der Waals surface area (Å²) < 4.78 is 1.91. The van der Waals surface area contributed by atoms with Gasteiger partial charge in [-0.25, -0.2) is 0 Å². The molecule has 0 atom stereocenters. The number of aryl methyl sites for hydroxylation is 2. The molecule has 1 aromatic carbocycles. The van der Waals surface area contributed by atoms with Crippen LogP contribution in [0.25, 0.3) is 0 Å². The minimum Gasteiger partial charge on any atom is -0.335 e. The number of aromatic nitrogens is 2. The van der Waals surface area contributed by atoms with Crippen molar-refractivity contribution in [1.29, 1.82) is 0 Å². The molecule has 27 heavy (non-hydrogen) atoms. The van der Waals surface area contributed by atoms with Crippen molar-refractivity contribution >= 4 is 17.5 Å². The first-order valence-electron chi connectivity index (χ1n) is 9.35. The summed E-state index contributed by atoms with van der Waals surface area (Å²) in [6.07, 6.45) is 5.76. The molecule has 1 heterocycles. The van der Waals surface area contributed by atoms with Crippen LogP contribution in [0.5, 0.6) is 0 Å². The lowest BCUT2D eigenvalue weighted by Crippen LogP contribution is -2.33. The van der Waals surface area contributed by atoms with Gasteiger partial charge < -0.3 is 10.2 Å². The summed E-state index contributed by atoms with van der Waals surface area (Å²) in [6.45, 7) is 8.93. The van der Waals surface area contributed by atoms with Crippen LogP contribution in [0.1, 0.15) is 36.6 Å². The van der Waals surface area contributed by atoms with E-state index < -0.39 is 0 Å². The highest BCUT2D eigenvalue weighted by atomic mass is 16.2. The first-order valence-corrected chi connectivity index (χ1v) is 9.35.